The first kappa shape index (κ1) is 20.8. The van der Waals surface area contributed by atoms with Crippen LogP contribution < -0.4 is 5.32 Å². The highest BCUT2D eigenvalue weighted by molar-refractivity contribution is 7.86. The molecule has 0 unspecified atom stereocenters. The van der Waals surface area contributed by atoms with E-state index in [1.165, 1.54) is 0 Å². The minimum Gasteiger partial charge on any atom is -0.360 e. The number of carbonyl (C=O) groups excluding carboxylic acids is 1. The molecule has 2 atom stereocenters. The normalized spacial score (nSPS) is 27.8. The zero-order chi connectivity index (χ0) is 20.6. The zero-order valence-electron chi connectivity index (χ0n) is 17.2. The van der Waals surface area contributed by atoms with Crippen molar-refractivity contribution in [2.24, 2.45) is 0 Å². The van der Waals surface area contributed by atoms with Crippen molar-refractivity contribution in [1.82, 2.24) is 24.0 Å². The Morgan fingerprint density at radius 1 is 1.21 bits per heavy atom. The molecular formula is C19H31N5O4S. The number of hydrogen-bond acceptors (Lipinski definition) is 6. The lowest BCUT2D eigenvalue weighted by Crippen LogP contribution is -2.57. The van der Waals surface area contributed by atoms with Gasteiger partial charge in [0.05, 0.1) is 0 Å². The quantitative estimate of drug-likeness (QED) is 0.731. The number of carbonyl (C=O) groups is 1. The fraction of sp³-hybridized carbons (Fsp3) is 0.789. The van der Waals surface area contributed by atoms with Crippen molar-refractivity contribution in [2.75, 3.05) is 39.3 Å². The Labute approximate surface area is 172 Å². The Hall–Kier alpha value is -1.49. The molecule has 1 N–H and O–H groups in total. The van der Waals surface area contributed by atoms with E-state index in [0.717, 1.165) is 38.2 Å². The maximum Gasteiger partial charge on any atom is 0.282 e. The van der Waals surface area contributed by atoms with Gasteiger partial charge in [-0.05, 0) is 39.2 Å². The molecule has 9 nitrogen and oxygen atoms in total. The van der Waals surface area contributed by atoms with Gasteiger partial charge in [0.2, 0.25) is 0 Å². The number of nitrogens with one attached hydrogen (secondary N) is 1. The lowest BCUT2D eigenvalue weighted by molar-refractivity contribution is 0.0902. The number of amides is 1. The summed E-state index contributed by atoms with van der Waals surface area (Å²) in [6.45, 7) is 7.99. The molecule has 2 aliphatic heterocycles. The lowest BCUT2D eigenvalue weighted by Gasteiger charge is -2.41. The van der Waals surface area contributed by atoms with Gasteiger partial charge in [0.1, 0.15) is 5.76 Å². The largest absolute Gasteiger partial charge is 0.360 e. The fourth-order valence-electron chi connectivity index (χ4n) is 4.27. The van der Waals surface area contributed by atoms with Crippen LogP contribution in [0.3, 0.4) is 0 Å². The van der Waals surface area contributed by atoms with E-state index in [2.05, 4.69) is 22.3 Å². The lowest BCUT2D eigenvalue weighted by atomic mass is 10.0. The van der Waals surface area contributed by atoms with Crippen LogP contribution in [-0.4, -0.2) is 84.3 Å². The minimum absolute atomic E-state index is 0.0676. The SMILES string of the molecule is CCN1CCN(S(=O)(=O)N2CC[C@H](NC(=O)c3cc(C4CC4)on3)C[C@@H]2C)CC1. The van der Waals surface area contributed by atoms with Gasteiger partial charge in [0.15, 0.2) is 5.69 Å². The molecular weight excluding hydrogens is 394 g/mol. The summed E-state index contributed by atoms with van der Waals surface area (Å²) in [6, 6.07) is 1.50. The van der Waals surface area contributed by atoms with Crippen LogP contribution in [-0.2, 0) is 10.2 Å². The van der Waals surface area contributed by atoms with Gasteiger partial charge < -0.3 is 14.7 Å². The summed E-state index contributed by atoms with van der Waals surface area (Å²) < 4.78 is 34.6. The average Bonchev–Trinajstić information content (AvgIpc) is 3.44. The van der Waals surface area contributed by atoms with Crippen molar-refractivity contribution in [2.45, 2.75) is 57.5 Å². The molecule has 0 aromatic carbocycles. The van der Waals surface area contributed by atoms with Crippen molar-refractivity contribution in [3.05, 3.63) is 17.5 Å². The number of aromatic nitrogens is 1. The summed E-state index contributed by atoms with van der Waals surface area (Å²) in [5.74, 6) is 0.953. The molecule has 29 heavy (non-hydrogen) atoms. The molecule has 0 radical (unpaired) electrons. The Kier molecular flexibility index (Phi) is 5.97. The molecule has 1 amide bonds. The van der Waals surface area contributed by atoms with Crippen LogP contribution in [0.1, 0.15) is 61.7 Å². The second-order valence-electron chi connectivity index (χ2n) is 8.38. The molecule has 0 bridgehead atoms. The number of nitrogens with zero attached hydrogens (tertiary/aromatic N) is 4. The van der Waals surface area contributed by atoms with Crippen LogP contribution in [0.25, 0.3) is 0 Å². The van der Waals surface area contributed by atoms with Crippen LogP contribution >= 0.6 is 0 Å². The average molecular weight is 426 g/mol. The molecule has 3 fully saturated rings. The van der Waals surface area contributed by atoms with Gasteiger partial charge in [0, 0.05) is 56.8 Å². The molecule has 3 aliphatic rings. The van der Waals surface area contributed by atoms with E-state index < -0.39 is 10.2 Å². The highest BCUT2D eigenvalue weighted by Gasteiger charge is 2.39. The summed E-state index contributed by atoms with van der Waals surface area (Å²) in [4.78, 5) is 14.7. The number of hydrogen-bond donors (Lipinski definition) is 1. The summed E-state index contributed by atoms with van der Waals surface area (Å²) in [7, 11) is -3.47. The van der Waals surface area contributed by atoms with Gasteiger partial charge in [-0.3, -0.25) is 4.79 Å². The van der Waals surface area contributed by atoms with Crippen molar-refractivity contribution in [3.63, 3.8) is 0 Å². The zero-order valence-corrected chi connectivity index (χ0v) is 18.0. The Bertz CT molecular complexity index is 829. The molecule has 162 valence electrons. The first-order valence-electron chi connectivity index (χ1n) is 10.6. The third-order valence-electron chi connectivity index (χ3n) is 6.29. The van der Waals surface area contributed by atoms with E-state index in [1.807, 2.05) is 6.92 Å². The Balaban J connectivity index is 1.32. The maximum atomic E-state index is 13.1. The summed E-state index contributed by atoms with van der Waals surface area (Å²) >= 11 is 0. The molecule has 4 rings (SSSR count). The molecule has 1 aromatic heterocycles. The van der Waals surface area contributed by atoms with Crippen LogP contribution in [0.15, 0.2) is 10.6 Å². The van der Waals surface area contributed by atoms with E-state index >= 15 is 0 Å². The predicted octanol–water partition coefficient (Wildman–Crippen LogP) is 1.02. The van der Waals surface area contributed by atoms with E-state index in [9.17, 15) is 13.2 Å². The van der Waals surface area contributed by atoms with Gasteiger partial charge in [-0.2, -0.15) is 17.0 Å². The van der Waals surface area contributed by atoms with Gasteiger partial charge in [-0.25, -0.2) is 0 Å². The number of piperidine rings is 1. The van der Waals surface area contributed by atoms with Crippen LogP contribution in [0.4, 0.5) is 0 Å². The first-order valence-corrected chi connectivity index (χ1v) is 12.0. The van der Waals surface area contributed by atoms with E-state index in [1.54, 1.807) is 14.7 Å². The van der Waals surface area contributed by atoms with Crippen LogP contribution in [0, 0.1) is 0 Å². The maximum absolute atomic E-state index is 13.1. The molecule has 1 aromatic rings. The third-order valence-corrected chi connectivity index (χ3v) is 8.45. The standard InChI is InChI=1S/C19H31N5O4S/c1-3-22-8-10-23(11-9-22)29(26,27)24-7-6-16(12-14(24)2)20-19(25)17-13-18(28-21-17)15-4-5-15/h13-16H,3-12H2,1-2H3,(H,20,25)/t14-,16-/m0/s1. The van der Waals surface area contributed by atoms with Gasteiger partial charge >= 0.3 is 0 Å². The second kappa shape index (κ2) is 8.33. The molecule has 1 aliphatic carbocycles. The first-order chi connectivity index (χ1) is 13.9. The van der Waals surface area contributed by atoms with Crippen LogP contribution in [0.5, 0.6) is 0 Å². The second-order valence-corrected chi connectivity index (χ2v) is 10.3. The van der Waals surface area contributed by atoms with E-state index in [-0.39, 0.29) is 18.0 Å². The number of likely N-dealkylation sites (N-methyl/N-ethyl adjacent to an activating group) is 1. The third kappa shape index (κ3) is 4.50. The summed E-state index contributed by atoms with van der Waals surface area (Å²) in [6.07, 6.45) is 3.37. The van der Waals surface area contributed by atoms with Gasteiger partial charge in [-0.1, -0.05) is 12.1 Å². The predicted molar refractivity (Wildman–Crippen MR) is 108 cm³/mol. The number of rotatable bonds is 6. The highest BCUT2D eigenvalue weighted by Crippen LogP contribution is 2.40. The number of piperazine rings is 1. The molecule has 10 heteroatoms. The monoisotopic (exact) mass is 425 g/mol. The van der Waals surface area contributed by atoms with Gasteiger partial charge in [0.25, 0.3) is 16.1 Å². The summed E-state index contributed by atoms with van der Waals surface area (Å²) in [5.41, 5.74) is 0.309. The van der Waals surface area contributed by atoms with Crippen molar-refractivity contribution < 1.29 is 17.7 Å². The van der Waals surface area contributed by atoms with Crippen molar-refractivity contribution in [3.8, 4) is 0 Å². The van der Waals surface area contributed by atoms with Crippen molar-refractivity contribution in [1.29, 1.82) is 0 Å². The smallest absolute Gasteiger partial charge is 0.282 e. The molecule has 1 saturated carbocycles. The van der Waals surface area contributed by atoms with E-state index in [4.69, 9.17) is 4.52 Å². The minimum atomic E-state index is -3.47. The molecule has 3 heterocycles. The molecule has 0 spiro atoms. The fourth-order valence-corrected chi connectivity index (χ4v) is 6.06. The summed E-state index contributed by atoms with van der Waals surface area (Å²) in [5, 5.41) is 6.89. The Morgan fingerprint density at radius 2 is 1.93 bits per heavy atom. The van der Waals surface area contributed by atoms with E-state index in [0.29, 0.717) is 44.1 Å². The van der Waals surface area contributed by atoms with Crippen molar-refractivity contribution >= 4 is 16.1 Å². The topological polar surface area (TPSA) is 99.0 Å². The highest BCUT2D eigenvalue weighted by atomic mass is 32.2. The van der Waals surface area contributed by atoms with Gasteiger partial charge in [-0.15, -0.1) is 0 Å². The molecule has 2 saturated heterocycles. The Morgan fingerprint density at radius 3 is 2.55 bits per heavy atom. The van der Waals surface area contributed by atoms with Crippen LogP contribution in [0.2, 0.25) is 0 Å².